The lowest BCUT2D eigenvalue weighted by atomic mass is 10.1. The van der Waals surface area contributed by atoms with Crippen LogP contribution in [0.15, 0.2) is 48.7 Å². The minimum atomic E-state index is 0.522. The Labute approximate surface area is 138 Å². The molecule has 1 atom stereocenters. The third kappa shape index (κ3) is 4.45. The van der Waals surface area contributed by atoms with Crippen molar-refractivity contribution in [1.82, 2.24) is 9.88 Å². The molecule has 1 aliphatic heterocycles. The van der Waals surface area contributed by atoms with E-state index in [4.69, 9.17) is 9.47 Å². The van der Waals surface area contributed by atoms with E-state index in [0.717, 1.165) is 12.0 Å². The van der Waals surface area contributed by atoms with Gasteiger partial charge in [0.1, 0.15) is 6.61 Å². The third-order valence-corrected chi connectivity index (χ3v) is 4.33. The first-order valence-electron chi connectivity index (χ1n) is 8.28. The summed E-state index contributed by atoms with van der Waals surface area (Å²) in [6.07, 6.45) is 5.33. The van der Waals surface area contributed by atoms with E-state index in [2.05, 4.69) is 16.9 Å². The first-order valence-corrected chi connectivity index (χ1v) is 8.28. The molecular formula is C19H24N2O2. The summed E-state index contributed by atoms with van der Waals surface area (Å²) in [4.78, 5) is 6.72. The van der Waals surface area contributed by atoms with Crippen molar-refractivity contribution in [2.24, 2.45) is 0 Å². The molecule has 0 bridgehead atoms. The summed E-state index contributed by atoms with van der Waals surface area (Å²) in [5.41, 5.74) is 1.13. The summed E-state index contributed by atoms with van der Waals surface area (Å²) in [5.74, 6) is 1.29. The number of hydrogen-bond donors (Lipinski definition) is 0. The quantitative estimate of drug-likeness (QED) is 0.783. The van der Waals surface area contributed by atoms with Crippen LogP contribution in [0.25, 0.3) is 0 Å². The predicted octanol–water partition coefficient (Wildman–Crippen LogP) is 3.52. The van der Waals surface area contributed by atoms with Crippen molar-refractivity contribution in [3.63, 3.8) is 0 Å². The molecule has 4 heteroatoms. The van der Waals surface area contributed by atoms with E-state index in [1.807, 2.05) is 42.5 Å². The molecule has 0 saturated carbocycles. The lowest BCUT2D eigenvalue weighted by molar-refractivity contribution is 0.214. The van der Waals surface area contributed by atoms with E-state index >= 15 is 0 Å². The van der Waals surface area contributed by atoms with Crippen molar-refractivity contribution in [2.75, 3.05) is 20.2 Å². The third-order valence-electron chi connectivity index (χ3n) is 4.33. The summed E-state index contributed by atoms with van der Waals surface area (Å²) < 4.78 is 11.7. The predicted molar refractivity (Wildman–Crippen MR) is 90.8 cm³/mol. The number of ether oxygens (including phenoxy) is 2. The van der Waals surface area contributed by atoms with E-state index in [0.29, 0.717) is 30.9 Å². The highest BCUT2D eigenvalue weighted by Gasteiger charge is 2.20. The standard InChI is InChI=1S/C19H24N2O2/c1-21-13-6-9-17(21)11-14-22-19-18(10-5-12-20-19)23-15-16-7-3-2-4-8-16/h2-5,7-8,10,12,17H,6,9,11,13-15H2,1H3. The van der Waals surface area contributed by atoms with Gasteiger partial charge in [-0.2, -0.15) is 0 Å². The fourth-order valence-corrected chi connectivity index (χ4v) is 2.97. The number of rotatable bonds is 7. The normalized spacial score (nSPS) is 18.0. The summed E-state index contributed by atoms with van der Waals surface area (Å²) in [7, 11) is 2.19. The number of nitrogens with zero attached hydrogens (tertiary/aromatic N) is 2. The Morgan fingerprint density at radius 2 is 2.00 bits per heavy atom. The maximum absolute atomic E-state index is 5.87. The van der Waals surface area contributed by atoms with Crippen LogP contribution in [0, 0.1) is 0 Å². The monoisotopic (exact) mass is 312 g/mol. The van der Waals surface area contributed by atoms with E-state index in [1.165, 1.54) is 19.4 Å². The fourth-order valence-electron chi connectivity index (χ4n) is 2.97. The van der Waals surface area contributed by atoms with Gasteiger partial charge in [-0.1, -0.05) is 30.3 Å². The minimum absolute atomic E-state index is 0.522. The lowest BCUT2D eigenvalue weighted by Crippen LogP contribution is -2.26. The fraction of sp³-hybridized carbons (Fsp3) is 0.421. The van der Waals surface area contributed by atoms with Crippen LogP contribution in [-0.2, 0) is 6.61 Å². The molecule has 1 aromatic heterocycles. The molecule has 0 radical (unpaired) electrons. The van der Waals surface area contributed by atoms with Crippen molar-refractivity contribution < 1.29 is 9.47 Å². The van der Waals surface area contributed by atoms with E-state index < -0.39 is 0 Å². The van der Waals surface area contributed by atoms with Gasteiger partial charge in [0, 0.05) is 12.2 Å². The molecule has 0 spiro atoms. The Morgan fingerprint density at radius 3 is 2.78 bits per heavy atom. The Hall–Kier alpha value is -2.07. The van der Waals surface area contributed by atoms with Crippen molar-refractivity contribution in [1.29, 1.82) is 0 Å². The molecule has 1 fully saturated rings. The molecule has 0 N–H and O–H groups in total. The van der Waals surface area contributed by atoms with E-state index in [1.54, 1.807) is 6.20 Å². The Balaban J connectivity index is 1.53. The molecule has 2 heterocycles. The van der Waals surface area contributed by atoms with Crippen molar-refractivity contribution in [3.8, 4) is 11.6 Å². The Kier molecular flexibility index (Phi) is 5.48. The van der Waals surface area contributed by atoms with Crippen molar-refractivity contribution in [3.05, 3.63) is 54.2 Å². The average Bonchev–Trinajstić information content (AvgIpc) is 3.00. The zero-order valence-corrected chi connectivity index (χ0v) is 13.6. The molecule has 0 aliphatic carbocycles. The summed E-state index contributed by atoms with van der Waals surface area (Å²) >= 11 is 0. The van der Waals surface area contributed by atoms with Gasteiger partial charge < -0.3 is 14.4 Å². The van der Waals surface area contributed by atoms with Crippen LogP contribution in [0.4, 0.5) is 0 Å². The Bertz CT molecular complexity index is 603. The number of benzene rings is 1. The van der Waals surface area contributed by atoms with Crippen molar-refractivity contribution >= 4 is 0 Å². The highest BCUT2D eigenvalue weighted by molar-refractivity contribution is 5.32. The van der Waals surface area contributed by atoms with Gasteiger partial charge in [0.25, 0.3) is 5.88 Å². The van der Waals surface area contributed by atoms with Gasteiger partial charge in [0.05, 0.1) is 6.61 Å². The lowest BCUT2D eigenvalue weighted by Gasteiger charge is -2.19. The summed E-state index contributed by atoms with van der Waals surface area (Å²) in [6.45, 7) is 2.39. The van der Waals surface area contributed by atoms with E-state index in [-0.39, 0.29) is 0 Å². The molecular weight excluding hydrogens is 288 g/mol. The minimum Gasteiger partial charge on any atom is -0.483 e. The second-order valence-corrected chi connectivity index (χ2v) is 5.99. The first kappa shape index (κ1) is 15.8. The van der Waals surface area contributed by atoms with Crippen LogP contribution in [-0.4, -0.2) is 36.1 Å². The molecule has 23 heavy (non-hydrogen) atoms. The molecule has 1 aliphatic rings. The van der Waals surface area contributed by atoms with Crippen molar-refractivity contribution in [2.45, 2.75) is 31.9 Å². The van der Waals surface area contributed by atoms with Crippen LogP contribution >= 0.6 is 0 Å². The summed E-state index contributed by atoms with van der Waals surface area (Å²) in [6, 6.07) is 14.5. The van der Waals surface area contributed by atoms with Crippen LogP contribution in [0.2, 0.25) is 0 Å². The van der Waals surface area contributed by atoms with Crippen LogP contribution in [0.5, 0.6) is 11.6 Å². The molecule has 1 saturated heterocycles. The zero-order chi connectivity index (χ0) is 15.9. The second kappa shape index (κ2) is 7.97. The van der Waals surface area contributed by atoms with Gasteiger partial charge in [-0.3, -0.25) is 0 Å². The van der Waals surface area contributed by atoms with Gasteiger partial charge in [0.2, 0.25) is 0 Å². The molecule has 3 rings (SSSR count). The average molecular weight is 312 g/mol. The number of pyridine rings is 1. The second-order valence-electron chi connectivity index (χ2n) is 5.99. The highest BCUT2D eigenvalue weighted by Crippen LogP contribution is 2.25. The van der Waals surface area contributed by atoms with E-state index in [9.17, 15) is 0 Å². The zero-order valence-electron chi connectivity index (χ0n) is 13.6. The number of aromatic nitrogens is 1. The van der Waals surface area contributed by atoms with Crippen LogP contribution < -0.4 is 9.47 Å². The molecule has 2 aromatic rings. The maximum atomic E-state index is 5.87. The summed E-state index contributed by atoms with van der Waals surface area (Å²) in [5, 5.41) is 0. The molecule has 0 amide bonds. The van der Waals surface area contributed by atoms with Gasteiger partial charge in [-0.05, 0) is 50.6 Å². The van der Waals surface area contributed by atoms with Gasteiger partial charge in [0.15, 0.2) is 5.75 Å². The maximum Gasteiger partial charge on any atom is 0.256 e. The highest BCUT2D eigenvalue weighted by atomic mass is 16.5. The van der Waals surface area contributed by atoms with Gasteiger partial charge >= 0.3 is 0 Å². The first-order chi connectivity index (χ1) is 11.3. The number of hydrogen-bond acceptors (Lipinski definition) is 4. The largest absolute Gasteiger partial charge is 0.483 e. The molecule has 122 valence electrons. The Morgan fingerprint density at radius 1 is 1.13 bits per heavy atom. The van der Waals surface area contributed by atoms with Crippen LogP contribution in [0.1, 0.15) is 24.8 Å². The molecule has 1 aromatic carbocycles. The van der Waals surface area contributed by atoms with Crippen LogP contribution in [0.3, 0.4) is 0 Å². The number of likely N-dealkylation sites (tertiary alicyclic amines) is 1. The smallest absolute Gasteiger partial charge is 0.256 e. The topological polar surface area (TPSA) is 34.6 Å². The van der Waals surface area contributed by atoms with Gasteiger partial charge in [-0.25, -0.2) is 4.98 Å². The molecule has 4 nitrogen and oxygen atoms in total. The SMILES string of the molecule is CN1CCCC1CCOc1ncccc1OCc1ccccc1. The molecule has 1 unspecified atom stereocenters. The van der Waals surface area contributed by atoms with Gasteiger partial charge in [-0.15, -0.1) is 0 Å².